The van der Waals surface area contributed by atoms with Crippen molar-refractivity contribution in [1.82, 2.24) is 10.2 Å². The number of carbonyl (C=O) groups is 1. The first-order valence-electron chi connectivity index (χ1n) is 8.39. The first-order chi connectivity index (χ1) is 11.9. The summed E-state index contributed by atoms with van der Waals surface area (Å²) in [6.07, 6.45) is 1.73. The maximum Gasteiger partial charge on any atom is 0.230 e. The topological polar surface area (TPSA) is 32.3 Å². The van der Waals surface area contributed by atoms with Crippen molar-refractivity contribution in [3.63, 3.8) is 0 Å². The Balaban J connectivity index is 1.72. The van der Waals surface area contributed by atoms with Crippen LogP contribution in [0.4, 0.5) is 4.39 Å². The maximum atomic E-state index is 13.5. The molecule has 2 aromatic carbocycles. The second-order valence-electron chi connectivity index (χ2n) is 6.84. The SMILES string of the molecule is CN(C)C(CNC(=O)C1(c2cccc(Br)c2)CC1)c1cccc(F)c1. The highest BCUT2D eigenvalue weighted by Gasteiger charge is 2.51. The largest absolute Gasteiger partial charge is 0.353 e. The molecule has 2 aromatic rings. The summed E-state index contributed by atoms with van der Waals surface area (Å²) in [6, 6.07) is 14.4. The van der Waals surface area contributed by atoms with E-state index in [0.717, 1.165) is 28.4 Å². The monoisotopic (exact) mass is 404 g/mol. The molecular weight excluding hydrogens is 383 g/mol. The highest BCUT2D eigenvalue weighted by atomic mass is 79.9. The fraction of sp³-hybridized carbons (Fsp3) is 0.350. The molecule has 3 nitrogen and oxygen atoms in total. The van der Waals surface area contributed by atoms with Crippen molar-refractivity contribution >= 4 is 21.8 Å². The Morgan fingerprint density at radius 3 is 2.56 bits per heavy atom. The molecule has 1 fully saturated rings. The van der Waals surface area contributed by atoms with Gasteiger partial charge in [-0.1, -0.05) is 40.2 Å². The smallest absolute Gasteiger partial charge is 0.230 e. The minimum absolute atomic E-state index is 0.0499. The van der Waals surface area contributed by atoms with E-state index in [0.29, 0.717) is 6.54 Å². The molecule has 0 bridgehead atoms. The van der Waals surface area contributed by atoms with E-state index in [1.54, 1.807) is 6.07 Å². The van der Waals surface area contributed by atoms with Crippen LogP contribution in [0.3, 0.4) is 0 Å². The molecular formula is C20H22BrFN2O. The van der Waals surface area contributed by atoms with Crippen LogP contribution in [0.2, 0.25) is 0 Å². The van der Waals surface area contributed by atoms with Crippen LogP contribution in [0.1, 0.15) is 30.0 Å². The number of benzene rings is 2. The van der Waals surface area contributed by atoms with Crippen molar-refractivity contribution in [3.05, 3.63) is 69.9 Å². The van der Waals surface area contributed by atoms with Crippen LogP contribution in [0.5, 0.6) is 0 Å². The molecule has 25 heavy (non-hydrogen) atoms. The molecule has 1 aliphatic rings. The highest BCUT2D eigenvalue weighted by Crippen LogP contribution is 2.48. The van der Waals surface area contributed by atoms with Gasteiger partial charge in [-0.2, -0.15) is 0 Å². The van der Waals surface area contributed by atoms with E-state index in [9.17, 15) is 9.18 Å². The Bertz CT molecular complexity index is 774. The van der Waals surface area contributed by atoms with Gasteiger partial charge in [0.25, 0.3) is 0 Å². The molecule has 132 valence electrons. The summed E-state index contributed by atoms with van der Waals surface area (Å²) in [5.74, 6) is -0.211. The van der Waals surface area contributed by atoms with E-state index < -0.39 is 5.41 Å². The van der Waals surface area contributed by atoms with Gasteiger partial charge in [-0.25, -0.2) is 4.39 Å². The van der Waals surface area contributed by atoms with Gasteiger partial charge in [0.2, 0.25) is 5.91 Å². The predicted octanol–water partition coefficient (Wildman–Crippen LogP) is 4.04. The molecule has 1 N–H and O–H groups in total. The molecule has 0 spiro atoms. The summed E-state index contributed by atoms with van der Waals surface area (Å²) >= 11 is 3.48. The Labute approximate surface area is 156 Å². The zero-order valence-corrected chi connectivity index (χ0v) is 16.0. The molecule has 0 radical (unpaired) electrons. The van der Waals surface area contributed by atoms with Crippen LogP contribution >= 0.6 is 15.9 Å². The van der Waals surface area contributed by atoms with Crippen molar-refractivity contribution in [2.45, 2.75) is 24.3 Å². The number of halogens is 2. The molecule has 0 aliphatic heterocycles. The standard InChI is InChI=1S/C20H22BrFN2O/c1-24(2)18(14-5-3-8-17(22)11-14)13-23-19(25)20(9-10-20)15-6-4-7-16(21)12-15/h3-8,11-12,18H,9-10,13H2,1-2H3,(H,23,25). The van der Waals surface area contributed by atoms with Gasteiger partial charge in [-0.15, -0.1) is 0 Å². The summed E-state index contributed by atoms with van der Waals surface area (Å²) in [5, 5.41) is 3.08. The number of amides is 1. The number of nitrogens with zero attached hydrogens (tertiary/aromatic N) is 1. The molecule has 0 saturated heterocycles. The van der Waals surface area contributed by atoms with Crippen molar-refractivity contribution in [2.24, 2.45) is 0 Å². The fourth-order valence-electron chi connectivity index (χ4n) is 3.23. The van der Waals surface area contributed by atoms with Gasteiger partial charge in [0.15, 0.2) is 0 Å². The number of carbonyl (C=O) groups excluding carboxylic acids is 1. The predicted molar refractivity (Wildman–Crippen MR) is 101 cm³/mol. The van der Waals surface area contributed by atoms with Gasteiger partial charge < -0.3 is 10.2 Å². The summed E-state index contributed by atoms with van der Waals surface area (Å²) in [5.41, 5.74) is 1.49. The summed E-state index contributed by atoms with van der Waals surface area (Å²) < 4.78 is 14.5. The lowest BCUT2D eigenvalue weighted by Crippen LogP contribution is -2.40. The number of nitrogens with one attached hydrogen (secondary N) is 1. The van der Waals surface area contributed by atoms with Crippen molar-refractivity contribution in [3.8, 4) is 0 Å². The van der Waals surface area contributed by atoms with Gasteiger partial charge in [0.05, 0.1) is 11.5 Å². The van der Waals surface area contributed by atoms with E-state index in [1.807, 2.05) is 49.3 Å². The Morgan fingerprint density at radius 2 is 1.96 bits per heavy atom. The van der Waals surface area contributed by atoms with Crippen LogP contribution in [0.25, 0.3) is 0 Å². The van der Waals surface area contributed by atoms with Crippen molar-refractivity contribution < 1.29 is 9.18 Å². The second-order valence-corrected chi connectivity index (χ2v) is 7.75. The number of rotatable bonds is 6. The van der Waals surface area contributed by atoms with Crippen LogP contribution in [0.15, 0.2) is 53.0 Å². The van der Waals surface area contributed by atoms with E-state index >= 15 is 0 Å². The quantitative estimate of drug-likeness (QED) is 0.787. The molecule has 0 aromatic heterocycles. The van der Waals surface area contributed by atoms with Crippen LogP contribution in [0, 0.1) is 5.82 Å². The lowest BCUT2D eigenvalue weighted by Gasteiger charge is -2.26. The van der Waals surface area contributed by atoms with Crippen molar-refractivity contribution in [1.29, 1.82) is 0 Å². The van der Waals surface area contributed by atoms with Crippen LogP contribution < -0.4 is 5.32 Å². The maximum absolute atomic E-state index is 13.5. The minimum Gasteiger partial charge on any atom is -0.353 e. The molecule has 3 rings (SSSR count). The Hall–Kier alpha value is -1.72. The van der Waals surface area contributed by atoms with Gasteiger partial charge in [0, 0.05) is 11.0 Å². The average Bonchev–Trinajstić information content (AvgIpc) is 3.36. The van der Waals surface area contributed by atoms with Crippen LogP contribution in [-0.4, -0.2) is 31.4 Å². The van der Waals surface area contributed by atoms with Gasteiger partial charge in [-0.05, 0) is 62.3 Å². The lowest BCUT2D eigenvalue weighted by atomic mass is 9.94. The molecule has 0 heterocycles. The second kappa shape index (κ2) is 7.26. The molecule has 1 atom stereocenters. The van der Waals surface area contributed by atoms with Gasteiger partial charge in [-0.3, -0.25) is 4.79 Å². The van der Waals surface area contributed by atoms with Gasteiger partial charge >= 0.3 is 0 Å². The summed E-state index contributed by atoms with van der Waals surface area (Å²) in [4.78, 5) is 14.8. The van der Waals surface area contributed by atoms with E-state index in [-0.39, 0.29) is 17.8 Å². The van der Waals surface area contributed by atoms with E-state index in [2.05, 4.69) is 21.2 Å². The molecule has 5 heteroatoms. The summed E-state index contributed by atoms with van der Waals surface area (Å²) in [7, 11) is 3.87. The van der Waals surface area contributed by atoms with E-state index in [1.165, 1.54) is 12.1 Å². The average molecular weight is 405 g/mol. The summed E-state index contributed by atoms with van der Waals surface area (Å²) in [6.45, 7) is 0.449. The normalized spacial score (nSPS) is 16.5. The third kappa shape index (κ3) is 3.93. The zero-order valence-electron chi connectivity index (χ0n) is 14.4. The van der Waals surface area contributed by atoms with Crippen LogP contribution in [-0.2, 0) is 10.2 Å². The van der Waals surface area contributed by atoms with Gasteiger partial charge in [0.1, 0.15) is 5.82 Å². The minimum atomic E-state index is -0.414. The fourth-order valence-corrected chi connectivity index (χ4v) is 3.63. The first-order valence-corrected chi connectivity index (χ1v) is 9.18. The molecule has 1 amide bonds. The van der Waals surface area contributed by atoms with E-state index in [4.69, 9.17) is 0 Å². The molecule has 1 unspecified atom stereocenters. The third-order valence-electron chi connectivity index (χ3n) is 4.87. The molecule has 1 saturated carbocycles. The number of hydrogen-bond acceptors (Lipinski definition) is 2. The third-order valence-corrected chi connectivity index (χ3v) is 5.37. The number of likely N-dealkylation sites (N-methyl/N-ethyl adjacent to an activating group) is 1. The number of hydrogen-bond donors (Lipinski definition) is 1. The lowest BCUT2D eigenvalue weighted by molar-refractivity contribution is -0.123. The Kier molecular flexibility index (Phi) is 5.25. The Morgan fingerprint density at radius 1 is 1.24 bits per heavy atom. The van der Waals surface area contributed by atoms with Crippen molar-refractivity contribution in [2.75, 3.05) is 20.6 Å². The molecule has 1 aliphatic carbocycles. The zero-order chi connectivity index (χ0) is 18.0. The first kappa shape index (κ1) is 18.1. The highest BCUT2D eigenvalue weighted by molar-refractivity contribution is 9.10.